The van der Waals surface area contributed by atoms with Crippen molar-refractivity contribution in [1.82, 2.24) is 0 Å². The summed E-state index contributed by atoms with van der Waals surface area (Å²) in [5.74, 6) is 1.53. The van der Waals surface area contributed by atoms with E-state index < -0.39 is 0 Å². The summed E-state index contributed by atoms with van der Waals surface area (Å²) >= 11 is 2.12. The van der Waals surface area contributed by atoms with Crippen molar-refractivity contribution < 1.29 is 0 Å². The summed E-state index contributed by atoms with van der Waals surface area (Å²) in [5.41, 5.74) is 0. The lowest BCUT2D eigenvalue weighted by Gasteiger charge is -2.38. The molecule has 1 heterocycles. The van der Waals surface area contributed by atoms with Crippen LogP contribution in [0.5, 0.6) is 0 Å². The van der Waals surface area contributed by atoms with Gasteiger partial charge in [-0.15, -0.1) is 11.8 Å². The molecule has 4 atom stereocenters. The van der Waals surface area contributed by atoms with E-state index in [0.29, 0.717) is 0 Å². The Labute approximate surface area is 89.5 Å². The summed E-state index contributed by atoms with van der Waals surface area (Å²) in [5, 5.41) is 1.44. The van der Waals surface area contributed by atoms with Crippen molar-refractivity contribution in [2.75, 3.05) is 0 Å². The topological polar surface area (TPSA) is 0 Å². The highest BCUT2D eigenvalue weighted by molar-refractivity contribution is 8.00. The molecule has 1 heteroatoms. The largest absolute Gasteiger partial charge is 0.146 e. The van der Waals surface area contributed by atoms with Crippen molar-refractivity contribution in [3.63, 3.8) is 0 Å². The maximum absolute atomic E-state index is 2.38. The van der Waals surface area contributed by atoms with E-state index in [4.69, 9.17) is 0 Å². The van der Waals surface area contributed by atoms with Crippen LogP contribution in [0.25, 0.3) is 0 Å². The van der Waals surface area contributed by atoms with Gasteiger partial charge in [-0.1, -0.05) is 48.6 Å². The fraction of sp³-hybridized carbons (Fsp3) is 0.385. The first-order chi connectivity index (χ1) is 6.93. The van der Waals surface area contributed by atoms with Gasteiger partial charge in [-0.3, -0.25) is 0 Å². The lowest BCUT2D eigenvalue weighted by atomic mass is 9.85. The van der Waals surface area contributed by atoms with Gasteiger partial charge >= 0.3 is 0 Å². The van der Waals surface area contributed by atoms with E-state index in [2.05, 4.69) is 60.4 Å². The number of rotatable bonds is 0. The molecule has 1 saturated heterocycles. The van der Waals surface area contributed by atoms with E-state index in [-0.39, 0.29) is 0 Å². The highest BCUT2D eigenvalue weighted by Gasteiger charge is 2.34. The summed E-state index contributed by atoms with van der Waals surface area (Å²) in [4.78, 5) is 0. The van der Waals surface area contributed by atoms with Crippen molar-refractivity contribution in [3.05, 3.63) is 48.6 Å². The molecule has 0 N–H and O–H groups in total. The lowest BCUT2D eigenvalue weighted by molar-refractivity contribution is 0.474. The normalized spacial score (nSPS) is 43.4. The van der Waals surface area contributed by atoms with Crippen molar-refractivity contribution in [3.8, 4) is 0 Å². The average molecular weight is 202 g/mol. The van der Waals surface area contributed by atoms with E-state index in [1.54, 1.807) is 0 Å². The van der Waals surface area contributed by atoms with Crippen LogP contribution >= 0.6 is 11.8 Å². The number of allylic oxidation sites excluding steroid dienone is 6. The van der Waals surface area contributed by atoms with Gasteiger partial charge in [0.25, 0.3) is 0 Å². The number of hydrogen-bond donors (Lipinski definition) is 0. The maximum atomic E-state index is 2.38. The molecule has 2 aliphatic carbocycles. The maximum Gasteiger partial charge on any atom is 0.0299 e. The second kappa shape index (κ2) is 3.47. The van der Waals surface area contributed by atoms with Crippen LogP contribution in [0.15, 0.2) is 48.6 Å². The van der Waals surface area contributed by atoms with E-state index in [0.717, 1.165) is 22.3 Å². The van der Waals surface area contributed by atoms with E-state index in [1.807, 2.05) is 0 Å². The second-order valence-electron chi connectivity index (χ2n) is 4.17. The molecule has 0 saturated carbocycles. The molecular weight excluding hydrogens is 188 g/mol. The van der Waals surface area contributed by atoms with Crippen molar-refractivity contribution in [2.24, 2.45) is 11.8 Å². The Bertz CT molecular complexity index is 269. The first-order valence-electron chi connectivity index (χ1n) is 5.29. The molecule has 14 heavy (non-hydrogen) atoms. The van der Waals surface area contributed by atoms with Crippen LogP contribution in [-0.2, 0) is 0 Å². The quantitative estimate of drug-likeness (QED) is 0.580. The van der Waals surface area contributed by atoms with Crippen molar-refractivity contribution in [1.29, 1.82) is 0 Å². The van der Waals surface area contributed by atoms with Gasteiger partial charge in [0, 0.05) is 10.5 Å². The van der Waals surface area contributed by atoms with Crippen LogP contribution in [0.1, 0.15) is 6.42 Å². The second-order valence-corrected chi connectivity index (χ2v) is 5.53. The third kappa shape index (κ3) is 1.40. The third-order valence-corrected chi connectivity index (χ3v) is 4.88. The molecule has 1 aliphatic heterocycles. The smallest absolute Gasteiger partial charge is 0.0299 e. The Balaban J connectivity index is 1.83. The number of hydrogen-bond acceptors (Lipinski definition) is 1. The van der Waals surface area contributed by atoms with Gasteiger partial charge in [0.05, 0.1) is 0 Å². The fourth-order valence-electron chi connectivity index (χ4n) is 2.48. The molecule has 0 aromatic rings. The Morgan fingerprint density at radius 1 is 0.714 bits per heavy atom. The van der Waals surface area contributed by atoms with Crippen LogP contribution in [0.2, 0.25) is 0 Å². The molecule has 0 amide bonds. The molecule has 3 aliphatic rings. The molecule has 0 nitrogen and oxygen atoms in total. The predicted molar refractivity (Wildman–Crippen MR) is 63.3 cm³/mol. The van der Waals surface area contributed by atoms with Crippen LogP contribution in [0.4, 0.5) is 0 Å². The van der Waals surface area contributed by atoms with Crippen LogP contribution in [0, 0.1) is 11.8 Å². The molecule has 0 bridgehead atoms. The Hall–Kier alpha value is -0.690. The molecule has 0 spiro atoms. The molecule has 3 rings (SSSR count). The van der Waals surface area contributed by atoms with E-state index in [9.17, 15) is 0 Å². The van der Waals surface area contributed by atoms with E-state index >= 15 is 0 Å². The standard InChI is InChI=1S/C13H14S/c1-3-7-12-10(5-1)9-11-6-2-4-8-13(11)14-12/h1-8,10-13H,9H2. The third-order valence-electron chi connectivity index (χ3n) is 3.24. The van der Waals surface area contributed by atoms with Crippen molar-refractivity contribution in [2.45, 2.75) is 16.9 Å². The van der Waals surface area contributed by atoms with Gasteiger partial charge in [-0.2, -0.15) is 0 Å². The summed E-state index contributed by atoms with van der Waals surface area (Å²) in [7, 11) is 0. The monoisotopic (exact) mass is 202 g/mol. The molecule has 1 fully saturated rings. The predicted octanol–water partition coefficient (Wildman–Crippen LogP) is 3.34. The number of thioether (sulfide) groups is 1. The minimum atomic E-state index is 0.720. The Morgan fingerprint density at radius 2 is 1.21 bits per heavy atom. The highest BCUT2D eigenvalue weighted by Crippen LogP contribution is 2.44. The van der Waals surface area contributed by atoms with Crippen LogP contribution in [-0.4, -0.2) is 10.5 Å². The van der Waals surface area contributed by atoms with Gasteiger partial charge in [0.2, 0.25) is 0 Å². The van der Waals surface area contributed by atoms with Gasteiger partial charge < -0.3 is 0 Å². The van der Waals surface area contributed by atoms with Gasteiger partial charge in [0.15, 0.2) is 0 Å². The lowest BCUT2D eigenvalue weighted by Crippen LogP contribution is -2.31. The Kier molecular flexibility index (Phi) is 2.13. The first-order valence-corrected chi connectivity index (χ1v) is 6.23. The molecule has 0 aromatic heterocycles. The molecule has 72 valence electrons. The first kappa shape index (κ1) is 8.60. The minimum Gasteiger partial charge on any atom is -0.146 e. The molecule has 0 aromatic carbocycles. The molecule has 4 unspecified atom stereocenters. The average Bonchev–Trinajstić information content (AvgIpc) is 2.26. The van der Waals surface area contributed by atoms with Gasteiger partial charge in [-0.25, -0.2) is 0 Å². The zero-order chi connectivity index (χ0) is 9.38. The van der Waals surface area contributed by atoms with Crippen molar-refractivity contribution >= 4 is 11.8 Å². The number of fused-ring (bicyclic) bond motifs is 2. The van der Waals surface area contributed by atoms with Crippen LogP contribution < -0.4 is 0 Å². The zero-order valence-electron chi connectivity index (χ0n) is 8.04. The highest BCUT2D eigenvalue weighted by atomic mass is 32.2. The molecule has 0 radical (unpaired) electrons. The summed E-state index contributed by atoms with van der Waals surface area (Å²) in [6, 6.07) is 0. The van der Waals surface area contributed by atoms with Gasteiger partial charge in [-0.05, 0) is 18.3 Å². The van der Waals surface area contributed by atoms with Crippen LogP contribution in [0.3, 0.4) is 0 Å². The molecular formula is C13H14S. The minimum absolute atomic E-state index is 0.720. The SMILES string of the molecule is C1=CC2CC3C=CC=CC3SC2C=C1. The Morgan fingerprint density at radius 3 is 1.79 bits per heavy atom. The summed E-state index contributed by atoms with van der Waals surface area (Å²) < 4.78 is 0. The zero-order valence-corrected chi connectivity index (χ0v) is 8.86. The van der Waals surface area contributed by atoms with E-state index in [1.165, 1.54) is 6.42 Å². The van der Waals surface area contributed by atoms with Gasteiger partial charge in [0.1, 0.15) is 0 Å². The summed E-state index contributed by atoms with van der Waals surface area (Å²) in [6.07, 6.45) is 19.6. The fourth-order valence-corrected chi connectivity index (χ4v) is 4.01. The summed E-state index contributed by atoms with van der Waals surface area (Å²) in [6.45, 7) is 0.